The van der Waals surface area contributed by atoms with Gasteiger partial charge in [0.15, 0.2) is 0 Å². The molecular formula is C11H17N. The van der Waals surface area contributed by atoms with Crippen LogP contribution in [0, 0.1) is 5.41 Å². The smallest absolute Gasteiger partial charge is 0.0216 e. The summed E-state index contributed by atoms with van der Waals surface area (Å²) in [5, 5.41) is 0. The Labute approximate surface area is 74.2 Å². The average Bonchev–Trinajstić information content (AvgIpc) is 2.53. The predicted octanol–water partition coefficient (Wildman–Crippen LogP) is 3.26. The van der Waals surface area contributed by atoms with Crippen LogP contribution in [0.4, 0.5) is 0 Å². The van der Waals surface area contributed by atoms with Crippen LogP contribution in [-0.4, -0.2) is 4.98 Å². The summed E-state index contributed by atoms with van der Waals surface area (Å²) in [6.07, 6.45) is 2.06. The zero-order chi connectivity index (χ0) is 8.93. The fourth-order valence-corrected chi connectivity index (χ4v) is 2.29. The number of H-pyrrole nitrogens is 1. The van der Waals surface area contributed by atoms with Crippen molar-refractivity contribution in [1.29, 1.82) is 0 Å². The van der Waals surface area contributed by atoms with E-state index in [4.69, 9.17) is 0 Å². The van der Waals surface area contributed by atoms with Crippen molar-refractivity contribution in [1.82, 2.24) is 4.98 Å². The molecule has 1 heteroatoms. The normalized spacial score (nSPS) is 32.0. The topological polar surface area (TPSA) is 15.8 Å². The van der Waals surface area contributed by atoms with E-state index in [0.29, 0.717) is 17.3 Å². The highest BCUT2D eigenvalue weighted by Gasteiger charge is 2.42. The minimum Gasteiger partial charge on any atom is -0.365 e. The zero-order valence-electron chi connectivity index (χ0n) is 8.31. The van der Waals surface area contributed by atoms with Gasteiger partial charge in [0, 0.05) is 17.8 Å². The molecule has 1 aromatic rings. The van der Waals surface area contributed by atoms with Gasteiger partial charge in [-0.05, 0) is 23.0 Å². The second kappa shape index (κ2) is 2.15. The van der Waals surface area contributed by atoms with Gasteiger partial charge in [0.1, 0.15) is 0 Å². The van der Waals surface area contributed by atoms with E-state index >= 15 is 0 Å². The van der Waals surface area contributed by atoms with Crippen molar-refractivity contribution in [2.24, 2.45) is 5.41 Å². The van der Waals surface area contributed by atoms with E-state index in [9.17, 15) is 0 Å². The summed E-state index contributed by atoms with van der Waals surface area (Å²) in [6.45, 7) is 9.36. The first kappa shape index (κ1) is 7.90. The number of fused-ring (bicyclic) bond motifs is 1. The largest absolute Gasteiger partial charge is 0.365 e. The second-order valence-electron chi connectivity index (χ2n) is 4.61. The minimum atomic E-state index is 0.419. The number of hydrogen-bond donors (Lipinski definition) is 1. The van der Waals surface area contributed by atoms with Crippen molar-refractivity contribution >= 4 is 0 Å². The van der Waals surface area contributed by atoms with E-state index in [1.54, 1.807) is 0 Å². The number of nitrogens with one attached hydrogen (secondary N) is 1. The first-order valence-electron chi connectivity index (χ1n) is 4.72. The van der Waals surface area contributed by atoms with E-state index in [1.165, 1.54) is 11.3 Å². The zero-order valence-corrected chi connectivity index (χ0v) is 8.31. The highest BCUT2D eigenvalue weighted by atomic mass is 14.7. The molecule has 1 heterocycles. The Morgan fingerprint density at radius 2 is 1.92 bits per heavy atom. The summed E-state index contributed by atoms with van der Waals surface area (Å²) in [7, 11) is 0. The highest BCUT2D eigenvalue weighted by molar-refractivity contribution is 5.36. The third-order valence-electron chi connectivity index (χ3n) is 3.94. The quantitative estimate of drug-likeness (QED) is 0.604. The van der Waals surface area contributed by atoms with Crippen LogP contribution < -0.4 is 0 Å². The van der Waals surface area contributed by atoms with Crippen molar-refractivity contribution in [3.63, 3.8) is 0 Å². The van der Waals surface area contributed by atoms with Crippen molar-refractivity contribution in [2.45, 2.75) is 39.5 Å². The van der Waals surface area contributed by atoms with Gasteiger partial charge >= 0.3 is 0 Å². The fraction of sp³-hybridized carbons (Fsp3) is 0.636. The van der Waals surface area contributed by atoms with Crippen LogP contribution in [-0.2, 0) is 0 Å². The number of aromatic nitrogens is 1. The molecule has 0 radical (unpaired) electrons. The second-order valence-corrected chi connectivity index (χ2v) is 4.61. The lowest BCUT2D eigenvalue weighted by molar-refractivity contribution is 0.277. The molecule has 2 rings (SSSR count). The van der Waals surface area contributed by atoms with Crippen LogP contribution in [0.2, 0.25) is 0 Å². The number of rotatable bonds is 0. The van der Waals surface area contributed by atoms with Gasteiger partial charge in [-0.1, -0.05) is 27.7 Å². The monoisotopic (exact) mass is 163 g/mol. The Morgan fingerprint density at radius 1 is 1.25 bits per heavy atom. The number of hydrogen-bond acceptors (Lipinski definition) is 0. The van der Waals surface area contributed by atoms with Gasteiger partial charge in [-0.2, -0.15) is 0 Å². The van der Waals surface area contributed by atoms with Crippen molar-refractivity contribution < 1.29 is 0 Å². The Kier molecular flexibility index (Phi) is 1.42. The summed E-state index contributed by atoms with van der Waals surface area (Å²) in [5.41, 5.74) is 3.39. The molecule has 2 atom stereocenters. The summed E-state index contributed by atoms with van der Waals surface area (Å²) in [6, 6.07) is 2.23. The van der Waals surface area contributed by atoms with E-state index in [0.717, 1.165) is 0 Å². The molecule has 1 aliphatic carbocycles. The molecule has 66 valence electrons. The lowest BCUT2D eigenvalue weighted by atomic mass is 9.75. The van der Waals surface area contributed by atoms with Gasteiger partial charge < -0.3 is 4.98 Å². The molecule has 1 N–H and O–H groups in total. The van der Waals surface area contributed by atoms with Gasteiger partial charge in [-0.15, -0.1) is 0 Å². The first-order chi connectivity index (χ1) is 5.55. The Hall–Kier alpha value is -0.720. The minimum absolute atomic E-state index is 0.419. The molecule has 0 fully saturated rings. The van der Waals surface area contributed by atoms with Crippen molar-refractivity contribution in [3.05, 3.63) is 23.5 Å². The van der Waals surface area contributed by atoms with Crippen LogP contribution in [0.15, 0.2) is 12.3 Å². The lowest BCUT2D eigenvalue weighted by Gasteiger charge is -2.29. The Balaban J connectivity index is 2.53. The highest BCUT2D eigenvalue weighted by Crippen LogP contribution is 2.53. The molecule has 1 aromatic heterocycles. The maximum atomic E-state index is 3.35. The van der Waals surface area contributed by atoms with Gasteiger partial charge in [0.05, 0.1) is 0 Å². The molecule has 0 aromatic carbocycles. The summed E-state index contributed by atoms with van der Waals surface area (Å²) in [5.74, 6) is 1.35. The third kappa shape index (κ3) is 0.742. The fourth-order valence-electron chi connectivity index (χ4n) is 2.29. The van der Waals surface area contributed by atoms with Crippen LogP contribution in [0.25, 0.3) is 0 Å². The molecule has 12 heavy (non-hydrogen) atoms. The molecule has 0 bridgehead atoms. The summed E-state index contributed by atoms with van der Waals surface area (Å²) < 4.78 is 0. The van der Waals surface area contributed by atoms with Gasteiger partial charge in [0.25, 0.3) is 0 Å². The summed E-state index contributed by atoms with van der Waals surface area (Å²) >= 11 is 0. The Morgan fingerprint density at radius 3 is 2.50 bits per heavy atom. The molecule has 0 saturated heterocycles. The molecule has 1 aliphatic rings. The van der Waals surface area contributed by atoms with Crippen LogP contribution in [0.1, 0.15) is 50.8 Å². The molecule has 0 spiro atoms. The van der Waals surface area contributed by atoms with Gasteiger partial charge in [-0.25, -0.2) is 0 Å². The Bertz CT molecular complexity index is 269. The van der Waals surface area contributed by atoms with Crippen LogP contribution in [0.5, 0.6) is 0 Å². The maximum Gasteiger partial charge on any atom is 0.0216 e. The predicted molar refractivity (Wildman–Crippen MR) is 51.4 cm³/mol. The van der Waals surface area contributed by atoms with E-state index in [-0.39, 0.29) is 0 Å². The number of aromatic amines is 1. The first-order valence-corrected chi connectivity index (χ1v) is 4.72. The lowest BCUT2D eigenvalue weighted by Crippen LogP contribution is -2.19. The molecule has 1 nitrogen and oxygen atoms in total. The van der Waals surface area contributed by atoms with Gasteiger partial charge in [0.2, 0.25) is 0 Å². The molecule has 0 aliphatic heterocycles. The van der Waals surface area contributed by atoms with Gasteiger partial charge in [-0.3, -0.25) is 0 Å². The summed E-state index contributed by atoms with van der Waals surface area (Å²) in [4.78, 5) is 3.35. The maximum absolute atomic E-state index is 3.35. The SMILES string of the molecule is C[C@H]1c2cc[nH]c2[C@H](C)C1(C)C. The van der Waals surface area contributed by atoms with E-state index < -0.39 is 0 Å². The average molecular weight is 163 g/mol. The standard InChI is InChI=1S/C11H17N/c1-7-9-5-6-12-10(9)8(2)11(7,3)4/h5-8,12H,1-4H3/t7-,8-/m0/s1. The molecular weight excluding hydrogens is 146 g/mol. The van der Waals surface area contributed by atoms with Crippen molar-refractivity contribution in [2.75, 3.05) is 0 Å². The van der Waals surface area contributed by atoms with Crippen LogP contribution in [0.3, 0.4) is 0 Å². The van der Waals surface area contributed by atoms with E-state index in [1.807, 2.05) is 0 Å². The molecule has 0 saturated carbocycles. The van der Waals surface area contributed by atoms with E-state index in [2.05, 4.69) is 44.9 Å². The molecule has 0 amide bonds. The van der Waals surface area contributed by atoms with Crippen LogP contribution >= 0.6 is 0 Å². The third-order valence-corrected chi connectivity index (χ3v) is 3.94. The molecule has 0 unspecified atom stereocenters. The van der Waals surface area contributed by atoms with Crippen molar-refractivity contribution in [3.8, 4) is 0 Å².